The van der Waals surface area contributed by atoms with E-state index in [1.807, 2.05) is 32.2 Å². The number of ether oxygens (including phenoxy) is 3. The van der Waals surface area contributed by atoms with Gasteiger partial charge in [0.2, 0.25) is 0 Å². The van der Waals surface area contributed by atoms with Gasteiger partial charge in [-0.1, -0.05) is 18.9 Å². The van der Waals surface area contributed by atoms with Crippen molar-refractivity contribution in [2.45, 2.75) is 52.5 Å². The first kappa shape index (κ1) is 25.8. The Morgan fingerprint density at radius 1 is 1.10 bits per heavy atom. The molecule has 2 rings (SSSR count). The van der Waals surface area contributed by atoms with E-state index in [1.165, 1.54) is 25.7 Å². The Hall–Kier alpha value is -1.22. The lowest BCUT2D eigenvalue weighted by Crippen LogP contribution is -2.43. The van der Waals surface area contributed by atoms with E-state index in [1.54, 1.807) is 7.11 Å². The SMILES string of the molecule is CCOCCC1(CNC(=NC)NCc2ccc(OCC)c(OC)c2)CCCC1.I. The van der Waals surface area contributed by atoms with Gasteiger partial charge in [0.25, 0.3) is 0 Å². The summed E-state index contributed by atoms with van der Waals surface area (Å²) in [5.74, 6) is 2.36. The monoisotopic (exact) mass is 519 g/mol. The highest BCUT2D eigenvalue weighted by atomic mass is 127. The summed E-state index contributed by atoms with van der Waals surface area (Å²) in [6.07, 6.45) is 6.26. The van der Waals surface area contributed by atoms with Crippen LogP contribution in [0.15, 0.2) is 23.2 Å². The summed E-state index contributed by atoms with van der Waals surface area (Å²) >= 11 is 0. The van der Waals surface area contributed by atoms with Crippen molar-refractivity contribution < 1.29 is 14.2 Å². The lowest BCUT2D eigenvalue weighted by molar-refractivity contribution is 0.105. The third kappa shape index (κ3) is 8.20. The van der Waals surface area contributed by atoms with Crippen molar-refractivity contribution in [3.63, 3.8) is 0 Å². The van der Waals surface area contributed by atoms with Gasteiger partial charge in [-0.2, -0.15) is 0 Å². The Bertz CT molecular complexity index is 619. The molecule has 0 atom stereocenters. The Kier molecular flexibility index (Phi) is 12.4. The van der Waals surface area contributed by atoms with Crippen LogP contribution in [0.4, 0.5) is 0 Å². The van der Waals surface area contributed by atoms with Crippen LogP contribution in [0.25, 0.3) is 0 Å². The van der Waals surface area contributed by atoms with Gasteiger partial charge in [0.05, 0.1) is 13.7 Å². The number of guanidine groups is 1. The number of rotatable bonds is 11. The highest BCUT2D eigenvalue weighted by molar-refractivity contribution is 14.0. The predicted molar refractivity (Wildman–Crippen MR) is 130 cm³/mol. The van der Waals surface area contributed by atoms with Gasteiger partial charge in [0.1, 0.15) is 0 Å². The third-order valence-electron chi connectivity index (χ3n) is 5.49. The summed E-state index contributed by atoms with van der Waals surface area (Å²) < 4.78 is 16.6. The molecule has 0 heterocycles. The van der Waals surface area contributed by atoms with Gasteiger partial charge in [0, 0.05) is 33.4 Å². The fourth-order valence-corrected chi connectivity index (χ4v) is 3.85. The lowest BCUT2D eigenvalue weighted by Gasteiger charge is -2.30. The topological polar surface area (TPSA) is 64.1 Å². The van der Waals surface area contributed by atoms with E-state index in [-0.39, 0.29) is 24.0 Å². The molecule has 1 aromatic carbocycles. The van der Waals surface area contributed by atoms with Crippen LogP contribution in [-0.2, 0) is 11.3 Å². The summed E-state index contributed by atoms with van der Waals surface area (Å²) in [7, 11) is 3.48. The molecule has 0 spiro atoms. The first-order chi connectivity index (χ1) is 13.7. The molecule has 0 radical (unpaired) electrons. The number of hydrogen-bond donors (Lipinski definition) is 2. The fraction of sp³-hybridized carbons (Fsp3) is 0.682. The number of hydrogen-bond acceptors (Lipinski definition) is 4. The minimum absolute atomic E-state index is 0. The summed E-state index contributed by atoms with van der Waals surface area (Å²) in [4.78, 5) is 4.39. The first-order valence-corrected chi connectivity index (χ1v) is 10.5. The number of methoxy groups -OCH3 is 1. The standard InChI is InChI=1S/C22H37N3O3.HI/c1-5-27-14-13-22(11-7-8-12-22)17-25-21(23-3)24-16-18-9-10-19(28-6-2)20(15-18)26-4;/h9-10,15H,5-8,11-14,16-17H2,1-4H3,(H2,23,24,25);1H. The molecule has 1 aromatic rings. The maximum Gasteiger partial charge on any atom is 0.191 e. The molecule has 1 aliphatic rings. The molecule has 0 aliphatic heterocycles. The van der Waals surface area contributed by atoms with Crippen LogP contribution in [0.3, 0.4) is 0 Å². The van der Waals surface area contributed by atoms with Gasteiger partial charge >= 0.3 is 0 Å². The second kappa shape index (κ2) is 13.9. The number of nitrogens with one attached hydrogen (secondary N) is 2. The minimum Gasteiger partial charge on any atom is -0.493 e. The highest BCUT2D eigenvalue weighted by Crippen LogP contribution is 2.40. The van der Waals surface area contributed by atoms with E-state index < -0.39 is 0 Å². The van der Waals surface area contributed by atoms with E-state index in [0.29, 0.717) is 18.6 Å². The van der Waals surface area contributed by atoms with Gasteiger partial charge in [-0.05, 0) is 56.2 Å². The van der Waals surface area contributed by atoms with Crippen molar-refractivity contribution in [3.05, 3.63) is 23.8 Å². The number of aliphatic imine (C=N–C) groups is 1. The molecule has 6 nitrogen and oxygen atoms in total. The van der Waals surface area contributed by atoms with Crippen molar-refractivity contribution in [1.29, 1.82) is 0 Å². The normalized spacial score (nSPS) is 15.5. The molecule has 29 heavy (non-hydrogen) atoms. The molecular formula is C22H38IN3O3. The summed E-state index contributed by atoms with van der Waals surface area (Å²) in [5, 5.41) is 6.95. The number of halogens is 1. The predicted octanol–water partition coefficient (Wildman–Crippen LogP) is 4.36. The zero-order chi connectivity index (χ0) is 20.2. The molecule has 0 saturated heterocycles. The number of nitrogens with zero attached hydrogens (tertiary/aromatic N) is 1. The largest absolute Gasteiger partial charge is 0.493 e. The van der Waals surface area contributed by atoms with E-state index in [4.69, 9.17) is 14.2 Å². The van der Waals surface area contributed by atoms with E-state index in [2.05, 4.69) is 22.5 Å². The first-order valence-electron chi connectivity index (χ1n) is 10.5. The molecule has 0 aromatic heterocycles. The van der Waals surface area contributed by atoms with Gasteiger partial charge in [0.15, 0.2) is 17.5 Å². The highest BCUT2D eigenvalue weighted by Gasteiger charge is 2.33. The average Bonchev–Trinajstić information content (AvgIpc) is 3.18. The summed E-state index contributed by atoms with van der Waals surface area (Å²) in [5.41, 5.74) is 1.45. The maximum absolute atomic E-state index is 5.61. The van der Waals surface area contributed by atoms with Gasteiger partial charge < -0.3 is 24.8 Å². The van der Waals surface area contributed by atoms with E-state index in [9.17, 15) is 0 Å². The fourth-order valence-electron chi connectivity index (χ4n) is 3.85. The maximum atomic E-state index is 5.61. The molecule has 1 aliphatic carbocycles. The van der Waals surface area contributed by atoms with Crippen LogP contribution in [0.1, 0.15) is 51.5 Å². The van der Waals surface area contributed by atoms with Crippen LogP contribution >= 0.6 is 24.0 Å². The van der Waals surface area contributed by atoms with E-state index in [0.717, 1.165) is 49.2 Å². The molecule has 0 amide bonds. The molecule has 7 heteroatoms. The van der Waals surface area contributed by atoms with Gasteiger partial charge in [-0.25, -0.2) is 0 Å². The second-order valence-electron chi connectivity index (χ2n) is 7.35. The Labute approximate surface area is 193 Å². The zero-order valence-electron chi connectivity index (χ0n) is 18.4. The van der Waals surface area contributed by atoms with E-state index >= 15 is 0 Å². The molecule has 1 fully saturated rings. The molecule has 2 N–H and O–H groups in total. The summed E-state index contributed by atoms with van der Waals surface area (Å²) in [6, 6.07) is 6.01. The van der Waals surface area contributed by atoms with Crippen LogP contribution in [0, 0.1) is 5.41 Å². The van der Waals surface area contributed by atoms with Crippen LogP contribution < -0.4 is 20.1 Å². The van der Waals surface area contributed by atoms with Crippen LogP contribution in [-0.4, -0.2) is 46.5 Å². The average molecular weight is 519 g/mol. The molecule has 0 unspecified atom stereocenters. The Balaban J connectivity index is 0.00000420. The van der Waals surface area contributed by atoms with Crippen molar-refractivity contribution in [2.75, 3.05) is 40.5 Å². The lowest BCUT2D eigenvalue weighted by atomic mass is 9.83. The van der Waals surface area contributed by atoms with Crippen molar-refractivity contribution in [1.82, 2.24) is 10.6 Å². The molecular weight excluding hydrogens is 481 g/mol. The molecule has 0 bridgehead atoms. The summed E-state index contributed by atoms with van der Waals surface area (Å²) in [6.45, 7) is 7.89. The minimum atomic E-state index is 0. The van der Waals surface area contributed by atoms with Crippen LogP contribution in [0.2, 0.25) is 0 Å². The quantitative estimate of drug-likeness (QED) is 0.197. The third-order valence-corrected chi connectivity index (χ3v) is 5.49. The van der Waals surface area contributed by atoms with Crippen LogP contribution in [0.5, 0.6) is 11.5 Å². The molecule has 1 saturated carbocycles. The van der Waals surface area contributed by atoms with Crippen molar-refractivity contribution in [3.8, 4) is 11.5 Å². The molecule has 166 valence electrons. The Morgan fingerprint density at radius 2 is 1.86 bits per heavy atom. The van der Waals surface area contributed by atoms with Gasteiger partial charge in [-0.15, -0.1) is 24.0 Å². The van der Waals surface area contributed by atoms with Gasteiger partial charge in [-0.3, -0.25) is 4.99 Å². The smallest absolute Gasteiger partial charge is 0.191 e. The number of benzene rings is 1. The van der Waals surface area contributed by atoms with Crippen molar-refractivity contribution in [2.24, 2.45) is 10.4 Å². The second-order valence-corrected chi connectivity index (χ2v) is 7.35. The Morgan fingerprint density at radius 3 is 2.48 bits per heavy atom. The van der Waals surface area contributed by atoms with Crippen molar-refractivity contribution >= 4 is 29.9 Å². The zero-order valence-corrected chi connectivity index (χ0v) is 20.7.